The zero-order valence-corrected chi connectivity index (χ0v) is 12.1. The van der Waals surface area contributed by atoms with Crippen molar-refractivity contribution in [1.82, 2.24) is 15.3 Å². The van der Waals surface area contributed by atoms with Crippen molar-refractivity contribution in [3.63, 3.8) is 0 Å². The maximum absolute atomic E-state index is 13.5. The van der Waals surface area contributed by atoms with Crippen molar-refractivity contribution in [2.75, 3.05) is 6.54 Å². The zero-order valence-electron chi connectivity index (χ0n) is 11.3. The number of nitrogens with one attached hydrogen (secondary N) is 1. The molecule has 5 heteroatoms. The second-order valence-electron chi connectivity index (χ2n) is 4.56. The molecule has 1 N–H and O–H groups in total. The molecule has 0 bridgehead atoms. The number of rotatable bonds is 6. The summed E-state index contributed by atoms with van der Waals surface area (Å²) in [5.74, 6) is -0.388. The van der Waals surface area contributed by atoms with Gasteiger partial charge in [-0.2, -0.15) is 0 Å². The van der Waals surface area contributed by atoms with Crippen molar-refractivity contribution in [1.29, 1.82) is 0 Å². The van der Waals surface area contributed by atoms with Gasteiger partial charge in [0.15, 0.2) is 0 Å². The minimum atomic E-state index is -0.388. The minimum Gasteiger partial charge on any atom is -0.308 e. The van der Waals surface area contributed by atoms with Crippen LogP contribution in [0, 0.1) is 5.82 Å². The molecule has 0 aliphatic heterocycles. The molecule has 1 aromatic heterocycles. The number of nitrogens with zero attached hydrogens (tertiary/aromatic N) is 2. The predicted molar refractivity (Wildman–Crippen MR) is 78.2 cm³/mol. The third-order valence-corrected chi connectivity index (χ3v) is 3.48. The molecule has 0 amide bonds. The molecule has 0 aliphatic rings. The van der Waals surface area contributed by atoms with Gasteiger partial charge in [-0.3, -0.25) is 0 Å². The van der Waals surface area contributed by atoms with Crippen LogP contribution in [0.5, 0.6) is 0 Å². The first-order chi connectivity index (χ1) is 9.72. The van der Waals surface area contributed by atoms with Gasteiger partial charge >= 0.3 is 0 Å². The molecule has 0 fully saturated rings. The lowest BCUT2D eigenvalue weighted by atomic mass is 10.0. The van der Waals surface area contributed by atoms with Crippen LogP contribution >= 0.6 is 11.6 Å². The second kappa shape index (κ2) is 7.31. The van der Waals surface area contributed by atoms with Gasteiger partial charge in [0.2, 0.25) is 0 Å². The van der Waals surface area contributed by atoms with Gasteiger partial charge in [0.05, 0.1) is 16.8 Å². The van der Waals surface area contributed by atoms with E-state index >= 15 is 0 Å². The maximum atomic E-state index is 13.5. The Hall–Kier alpha value is -1.52. The van der Waals surface area contributed by atoms with Gasteiger partial charge in [0.1, 0.15) is 12.1 Å². The van der Waals surface area contributed by atoms with Crippen molar-refractivity contribution in [3.8, 4) is 0 Å². The van der Waals surface area contributed by atoms with E-state index in [2.05, 4.69) is 22.2 Å². The molecule has 2 rings (SSSR count). The summed E-state index contributed by atoms with van der Waals surface area (Å²) in [5, 5.41) is 3.59. The maximum Gasteiger partial charge on any atom is 0.142 e. The molecule has 0 saturated heterocycles. The lowest BCUT2D eigenvalue weighted by Gasteiger charge is -2.18. The molecular weight excluding hydrogens is 277 g/mol. The average Bonchev–Trinajstić information content (AvgIpc) is 2.48. The Morgan fingerprint density at radius 1 is 1.35 bits per heavy atom. The lowest BCUT2D eigenvalue weighted by molar-refractivity contribution is 0.515. The van der Waals surface area contributed by atoms with Gasteiger partial charge in [0.25, 0.3) is 0 Å². The molecule has 0 aliphatic carbocycles. The van der Waals surface area contributed by atoms with Crippen LogP contribution in [-0.2, 0) is 6.42 Å². The highest BCUT2D eigenvalue weighted by atomic mass is 35.5. The van der Waals surface area contributed by atoms with Gasteiger partial charge in [-0.1, -0.05) is 30.7 Å². The molecule has 1 aromatic carbocycles. The smallest absolute Gasteiger partial charge is 0.142 e. The van der Waals surface area contributed by atoms with Gasteiger partial charge in [-0.05, 0) is 37.1 Å². The van der Waals surface area contributed by atoms with E-state index < -0.39 is 0 Å². The van der Waals surface area contributed by atoms with E-state index in [4.69, 9.17) is 11.6 Å². The molecule has 20 heavy (non-hydrogen) atoms. The Morgan fingerprint density at radius 3 is 2.90 bits per heavy atom. The largest absolute Gasteiger partial charge is 0.308 e. The first kappa shape index (κ1) is 14.9. The normalized spacial score (nSPS) is 12.3. The van der Waals surface area contributed by atoms with Gasteiger partial charge < -0.3 is 5.32 Å². The Kier molecular flexibility index (Phi) is 5.44. The SMILES string of the molecule is CCCNC(Cc1cccc(F)c1Cl)c1ccncn1. The molecule has 0 saturated carbocycles. The van der Waals surface area contributed by atoms with Crippen molar-refractivity contribution in [2.24, 2.45) is 0 Å². The van der Waals surface area contributed by atoms with E-state index in [0.29, 0.717) is 6.42 Å². The molecule has 0 spiro atoms. The van der Waals surface area contributed by atoms with E-state index in [0.717, 1.165) is 24.2 Å². The fourth-order valence-corrected chi connectivity index (χ4v) is 2.24. The monoisotopic (exact) mass is 293 g/mol. The van der Waals surface area contributed by atoms with E-state index in [1.807, 2.05) is 12.1 Å². The van der Waals surface area contributed by atoms with E-state index in [9.17, 15) is 4.39 Å². The molecule has 1 atom stereocenters. The summed E-state index contributed by atoms with van der Waals surface area (Å²) in [6, 6.07) is 6.74. The third kappa shape index (κ3) is 3.74. The summed E-state index contributed by atoms with van der Waals surface area (Å²) in [5.41, 5.74) is 1.66. The Balaban J connectivity index is 2.21. The van der Waals surface area contributed by atoms with Crippen LogP contribution in [0.15, 0.2) is 36.8 Å². The summed E-state index contributed by atoms with van der Waals surface area (Å²) >= 11 is 6.02. The predicted octanol–water partition coefficient (Wildman–Crippen LogP) is 3.55. The highest BCUT2D eigenvalue weighted by molar-refractivity contribution is 6.31. The fraction of sp³-hybridized carbons (Fsp3) is 0.333. The second-order valence-corrected chi connectivity index (χ2v) is 4.94. The highest BCUT2D eigenvalue weighted by Crippen LogP contribution is 2.24. The quantitative estimate of drug-likeness (QED) is 0.885. The molecular formula is C15H17ClFN3. The summed E-state index contributed by atoms with van der Waals surface area (Å²) < 4.78 is 13.5. The molecule has 1 unspecified atom stereocenters. The number of benzene rings is 1. The Labute approximate surface area is 123 Å². The van der Waals surface area contributed by atoms with Crippen LogP contribution in [0.4, 0.5) is 4.39 Å². The van der Waals surface area contributed by atoms with Crippen LogP contribution in [0.3, 0.4) is 0 Å². The number of hydrogen-bond donors (Lipinski definition) is 1. The summed E-state index contributed by atoms with van der Waals surface area (Å²) in [6.07, 6.45) is 4.82. The van der Waals surface area contributed by atoms with Crippen molar-refractivity contribution >= 4 is 11.6 Å². The fourth-order valence-electron chi connectivity index (χ4n) is 2.03. The van der Waals surface area contributed by atoms with Crippen LogP contribution in [0.2, 0.25) is 5.02 Å². The zero-order chi connectivity index (χ0) is 14.4. The summed E-state index contributed by atoms with van der Waals surface area (Å²) in [7, 11) is 0. The minimum absolute atomic E-state index is 0.00255. The van der Waals surface area contributed by atoms with E-state index in [-0.39, 0.29) is 16.9 Å². The van der Waals surface area contributed by atoms with Gasteiger partial charge in [0, 0.05) is 6.20 Å². The lowest BCUT2D eigenvalue weighted by Crippen LogP contribution is -2.25. The van der Waals surface area contributed by atoms with E-state index in [1.54, 1.807) is 12.3 Å². The molecule has 0 radical (unpaired) electrons. The van der Waals surface area contributed by atoms with Crippen molar-refractivity contribution in [3.05, 3.63) is 58.9 Å². The van der Waals surface area contributed by atoms with Crippen LogP contribution < -0.4 is 5.32 Å². The molecule has 106 valence electrons. The number of hydrogen-bond acceptors (Lipinski definition) is 3. The van der Waals surface area contributed by atoms with Crippen LogP contribution in [-0.4, -0.2) is 16.5 Å². The topological polar surface area (TPSA) is 37.8 Å². The molecule has 3 nitrogen and oxygen atoms in total. The number of halogens is 2. The highest BCUT2D eigenvalue weighted by Gasteiger charge is 2.15. The summed E-state index contributed by atoms with van der Waals surface area (Å²) in [4.78, 5) is 8.19. The molecule has 2 aromatic rings. The van der Waals surface area contributed by atoms with Crippen LogP contribution in [0.25, 0.3) is 0 Å². The first-order valence-electron chi connectivity index (χ1n) is 6.64. The standard InChI is InChI=1S/C15H17ClFN3/c1-2-7-19-14(13-6-8-18-10-20-13)9-11-4-3-5-12(17)15(11)16/h3-6,8,10,14,19H,2,7,9H2,1H3. The average molecular weight is 294 g/mol. The van der Waals surface area contributed by atoms with Crippen molar-refractivity contribution in [2.45, 2.75) is 25.8 Å². The summed E-state index contributed by atoms with van der Waals surface area (Å²) in [6.45, 7) is 2.96. The first-order valence-corrected chi connectivity index (χ1v) is 7.02. The van der Waals surface area contributed by atoms with Gasteiger partial charge in [-0.25, -0.2) is 14.4 Å². The Bertz CT molecular complexity index is 548. The van der Waals surface area contributed by atoms with Crippen LogP contribution in [0.1, 0.15) is 30.6 Å². The van der Waals surface area contributed by atoms with Crippen molar-refractivity contribution < 1.29 is 4.39 Å². The molecule has 1 heterocycles. The van der Waals surface area contributed by atoms with E-state index in [1.165, 1.54) is 12.4 Å². The third-order valence-electron chi connectivity index (χ3n) is 3.06. The Morgan fingerprint density at radius 2 is 2.20 bits per heavy atom. The number of aromatic nitrogens is 2. The van der Waals surface area contributed by atoms with Gasteiger partial charge in [-0.15, -0.1) is 0 Å².